The summed E-state index contributed by atoms with van der Waals surface area (Å²) >= 11 is 0. The highest BCUT2D eigenvalue weighted by molar-refractivity contribution is 6.04. The number of amides is 1. The molecular weight excluding hydrogens is 462 g/mol. The molecule has 0 unspecified atom stereocenters. The third kappa shape index (κ3) is 4.44. The summed E-state index contributed by atoms with van der Waals surface area (Å²) < 4.78 is 2.01. The molecule has 0 bridgehead atoms. The van der Waals surface area contributed by atoms with Crippen molar-refractivity contribution in [2.75, 3.05) is 18.4 Å². The molecule has 1 aliphatic heterocycles. The lowest BCUT2D eigenvalue weighted by Crippen LogP contribution is -2.43. The summed E-state index contributed by atoms with van der Waals surface area (Å²) in [6, 6.07) is 12.1. The van der Waals surface area contributed by atoms with Gasteiger partial charge in [-0.3, -0.25) is 9.69 Å². The fourth-order valence-electron chi connectivity index (χ4n) is 6.51. The van der Waals surface area contributed by atoms with E-state index in [2.05, 4.69) is 56.4 Å². The Hall–Kier alpha value is -3.52. The molecule has 1 saturated heterocycles. The van der Waals surface area contributed by atoms with Gasteiger partial charge < -0.3 is 14.9 Å². The molecule has 4 heterocycles. The maximum atomic E-state index is 13.4. The number of anilines is 1. The van der Waals surface area contributed by atoms with Crippen LogP contribution in [0.25, 0.3) is 11.0 Å². The van der Waals surface area contributed by atoms with E-state index in [4.69, 9.17) is 0 Å². The normalized spacial score (nSPS) is 24.2. The van der Waals surface area contributed by atoms with Gasteiger partial charge in [-0.2, -0.15) is 0 Å². The van der Waals surface area contributed by atoms with Crippen LogP contribution in [0.4, 0.5) is 5.69 Å². The van der Waals surface area contributed by atoms with Gasteiger partial charge >= 0.3 is 0 Å². The average Bonchev–Trinajstić information content (AvgIpc) is 3.51. The van der Waals surface area contributed by atoms with Gasteiger partial charge in [-0.15, -0.1) is 10.2 Å². The van der Waals surface area contributed by atoms with E-state index in [1.165, 1.54) is 12.8 Å². The Kier molecular flexibility index (Phi) is 6.07. The van der Waals surface area contributed by atoms with Gasteiger partial charge in [0, 0.05) is 32.0 Å². The van der Waals surface area contributed by atoms with Crippen LogP contribution >= 0.6 is 0 Å². The molecule has 0 spiro atoms. The lowest BCUT2D eigenvalue weighted by Gasteiger charge is -2.46. The molecule has 4 aromatic rings. The smallest absolute Gasteiger partial charge is 0.274 e. The van der Waals surface area contributed by atoms with Crippen LogP contribution in [0.3, 0.4) is 0 Å². The molecule has 8 heteroatoms. The second-order valence-electron chi connectivity index (χ2n) is 11.3. The number of nitrogens with one attached hydrogen (secondary N) is 2. The number of aromatic amines is 1. The summed E-state index contributed by atoms with van der Waals surface area (Å²) in [6.45, 7) is 7.58. The van der Waals surface area contributed by atoms with Crippen LogP contribution in [0.5, 0.6) is 0 Å². The Morgan fingerprint density at radius 1 is 1.19 bits per heavy atom. The molecular formula is C29H35N7O. The van der Waals surface area contributed by atoms with E-state index in [0.29, 0.717) is 17.5 Å². The number of likely N-dealkylation sites (tertiary alicyclic amines) is 1. The SMILES string of the molecule is CC1CC(c2cccc(NC(=O)c3cc(CN4CCC[C@H](C)C4)c4[nH]ccc4n3)c2)(c2nncn2C)C1. The number of aryl methyl sites for hydroxylation is 1. The van der Waals surface area contributed by atoms with Crippen molar-refractivity contribution in [2.45, 2.75) is 51.5 Å². The Bertz CT molecular complexity index is 1430. The predicted octanol–water partition coefficient (Wildman–Crippen LogP) is 4.89. The number of nitrogens with zero attached hydrogens (tertiary/aromatic N) is 5. The van der Waals surface area contributed by atoms with Gasteiger partial charge in [0.15, 0.2) is 0 Å². The number of rotatable bonds is 6. The summed E-state index contributed by atoms with van der Waals surface area (Å²) in [7, 11) is 2.00. The summed E-state index contributed by atoms with van der Waals surface area (Å²) in [5.74, 6) is 2.11. The topological polar surface area (TPSA) is 91.7 Å². The third-order valence-electron chi connectivity index (χ3n) is 8.17. The summed E-state index contributed by atoms with van der Waals surface area (Å²) in [5.41, 5.74) is 5.16. The van der Waals surface area contributed by atoms with Gasteiger partial charge in [0.25, 0.3) is 5.91 Å². The van der Waals surface area contributed by atoms with E-state index in [9.17, 15) is 4.79 Å². The predicted molar refractivity (Wildman–Crippen MR) is 144 cm³/mol. The first-order valence-corrected chi connectivity index (χ1v) is 13.4. The molecule has 1 aromatic carbocycles. The summed E-state index contributed by atoms with van der Waals surface area (Å²) in [6.07, 6.45) is 8.20. The first kappa shape index (κ1) is 23.9. The van der Waals surface area contributed by atoms with E-state index >= 15 is 0 Å². The van der Waals surface area contributed by atoms with Crippen LogP contribution in [-0.4, -0.2) is 48.6 Å². The molecule has 1 atom stereocenters. The molecule has 3 aromatic heterocycles. The minimum Gasteiger partial charge on any atom is -0.360 e. The molecule has 2 aliphatic rings. The van der Waals surface area contributed by atoms with Gasteiger partial charge in [0.2, 0.25) is 0 Å². The number of hydrogen-bond acceptors (Lipinski definition) is 5. The van der Waals surface area contributed by atoms with E-state index in [1.807, 2.05) is 42.1 Å². The van der Waals surface area contributed by atoms with Crippen LogP contribution in [-0.2, 0) is 19.0 Å². The second-order valence-corrected chi connectivity index (χ2v) is 11.3. The first-order chi connectivity index (χ1) is 17.9. The van der Waals surface area contributed by atoms with Gasteiger partial charge in [-0.1, -0.05) is 26.0 Å². The lowest BCUT2D eigenvalue weighted by molar-refractivity contribution is 0.102. The van der Waals surface area contributed by atoms with Crippen LogP contribution in [0, 0.1) is 11.8 Å². The highest BCUT2D eigenvalue weighted by atomic mass is 16.1. The maximum absolute atomic E-state index is 13.4. The fraction of sp³-hybridized carbons (Fsp3) is 0.448. The van der Waals surface area contributed by atoms with E-state index in [1.54, 1.807) is 6.33 Å². The van der Waals surface area contributed by atoms with E-state index < -0.39 is 0 Å². The molecule has 37 heavy (non-hydrogen) atoms. The molecule has 1 amide bonds. The number of hydrogen-bond donors (Lipinski definition) is 2. The standard InChI is InChI=1S/C29H35N7O/c1-19-6-5-11-36(16-19)17-21-12-25(33-24-9-10-30-26(21)24)27(37)32-23-8-4-7-22(13-23)29(14-20(2)15-29)28-34-31-18-35(28)3/h4,7-10,12-13,18-20,30H,5-6,11,14-17H2,1-3H3,(H,32,37)/t19-,20?,29?/m0/s1. The average molecular weight is 498 g/mol. The molecule has 1 saturated carbocycles. The Morgan fingerprint density at radius 2 is 2.05 bits per heavy atom. The number of piperidine rings is 1. The Balaban J connectivity index is 1.26. The fourth-order valence-corrected chi connectivity index (χ4v) is 6.51. The van der Waals surface area contributed by atoms with Gasteiger partial charge in [0.1, 0.15) is 17.8 Å². The number of carbonyl (C=O) groups excluding carboxylic acids is 1. The largest absolute Gasteiger partial charge is 0.360 e. The molecule has 6 rings (SSSR count). The molecule has 2 fully saturated rings. The van der Waals surface area contributed by atoms with Gasteiger partial charge in [0.05, 0.1) is 16.4 Å². The molecule has 8 nitrogen and oxygen atoms in total. The highest BCUT2D eigenvalue weighted by Gasteiger charge is 2.48. The quantitative estimate of drug-likeness (QED) is 0.396. The Labute approximate surface area is 217 Å². The molecule has 192 valence electrons. The summed E-state index contributed by atoms with van der Waals surface area (Å²) in [5, 5.41) is 11.7. The van der Waals surface area contributed by atoms with Crippen molar-refractivity contribution in [1.82, 2.24) is 29.6 Å². The minimum atomic E-state index is -0.191. The zero-order valence-electron chi connectivity index (χ0n) is 21.9. The van der Waals surface area contributed by atoms with E-state index in [0.717, 1.165) is 66.1 Å². The first-order valence-electron chi connectivity index (χ1n) is 13.4. The highest BCUT2D eigenvalue weighted by Crippen LogP contribution is 2.51. The van der Waals surface area contributed by atoms with Crippen molar-refractivity contribution in [2.24, 2.45) is 18.9 Å². The van der Waals surface area contributed by atoms with Crippen LogP contribution in [0.1, 0.15) is 67.0 Å². The summed E-state index contributed by atoms with van der Waals surface area (Å²) in [4.78, 5) is 23.9. The van der Waals surface area contributed by atoms with Crippen molar-refractivity contribution in [3.8, 4) is 0 Å². The monoisotopic (exact) mass is 497 g/mol. The van der Waals surface area contributed by atoms with Crippen molar-refractivity contribution < 1.29 is 4.79 Å². The number of H-pyrrole nitrogens is 1. The number of aromatic nitrogens is 5. The minimum absolute atomic E-state index is 0.174. The van der Waals surface area contributed by atoms with Crippen molar-refractivity contribution in [3.05, 3.63) is 71.6 Å². The van der Waals surface area contributed by atoms with Gasteiger partial charge in [-0.05, 0) is 79.5 Å². The number of pyridine rings is 1. The number of fused-ring (bicyclic) bond motifs is 1. The van der Waals surface area contributed by atoms with Crippen molar-refractivity contribution >= 4 is 22.6 Å². The van der Waals surface area contributed by atoms with Crippen LogP contribution in [0.2, 0.25) is 0 Å². The van der Waals surface area contributed by atoms with Gasteiger partial charge in [-0.25, -0.2) is 4.98 Å². The van der Waals surface area contributed by atoms with Crippen LogP contribution < -0.4 is 5.32 Å². The Morgan fingerprint density at radius 3 is 2.81 bits per heavy atom. The van der Waals surface area contributed by atoms with E-state index in [-0.39, 0.29) is 11.3 Å². The number of carbonyl (C=O) groups is 1. The van der Waals surface area contributed by atoms with Crippen LogP contribution in [0.15, 0.2) is 48.9 Å². The third-order valence-corrected chi connectivity index (χ3v) is 8.17. The lowest BCUT2D eigenvalue weighted by atomic mass is 9.58. The zero-order chi connectivity index (χ0) is 25.6. The number of benzene rings is 1. The second kappa shape index (κ2) is 9.41. The van der Waals surface area contributed by atoms with Crippen molar-refractivity contribution in [3.63, 3.8) is 0 Å². The zero-order valence-corrected chi connectivity index (χ0v) is 21.9. The molecule has 0 radical (unpaired) electrons. The molecule has 2 N–H and O–H groups in total. The maximum Gasteiger partial charge on any atom is 0.274 e. The molecule has 1 aliphatic carbocycles. The van der Waals surface area contributed by atoms with Crippen molar-refractivity contribution in [1.29, 1.82) is 0 Å².